The molecule has 1 aromatic carbocycles. The van der Waals surface area contributed by atoms with E-state index in [4.69, 9.17) is 15.2 Å². The third-order valence-corrected chi connectivity index (χ3v) is 2.46. The minimum atomic E-state index is -0.201. The zero-order chi connectivity index (χ0) is 14.1. The van der Waals surface area contributed by atoms with Gasteiger partial charge in [0.15, 0.2) is 18.1 Å². The lowest BCUT2D eigenvalue weighted by Gasteiger charge is -2.11. The molecule has 0 unspecified atom stereocenters. The van der Waals surface area contributed by atoms with Crippen molar-refractivity contribution in [3.63, 3.8) is 0 Å². The van der Waals surface area contributed by atoms with Crippen molar-refractivity contribution >= 4 is 5.91 Å². The van der Waals surface area contributed by atoms with Crippen molar-refractivity contribution in [1.82, 2.24) is 5.32 Å². The SMILES string of the molecule is C=CCNC(=O)COc1ccc(CCN)cc1OC. The quantitative estimate of drug-likeness (QED) is 0.684. The van der Waals surface area contributed by atoms with E-state index in [0.29, 0.717) is 24.6 Å². The number of ether oxygens (including phenoxy) is 2. The van der Waals surface area contributed by atoms with Gasteiger partial charge in [0.1, 0.15) is 0 Å². The second-order valence-electron chi connectivity index (χ2n) is 3.91. The van der Waals surface area contributed by atoms with Gasteiger partial charge in [-0.15, -0.1) is 6.58 Å². The van der Waals surface area contributed by atoms with Crippen LogP contribution in [-0.2, 0) is 11.2 Å². The maximum Gasteiger partial charge on any atom is 0.258 e. The topological polar surface area (TPSA) is 73.6 Å². The van der Waals surface area contributed by atoms with E-state index in [0.717, 1.165) is 12.0 Å². The van der Waals surface area contributed by atoms with Crippen molar-refractivity contribution in [3.05, 3.63) is 36.4 Å². The lowest BCUT2D eigenvalue weighted by Crippen LogP contribution is -2.28. The Balaban J connectivity index is 2.62. The molecule has 0 aliphatic rings. The summed E-state index contributed by atoms with van der Waals surface area (Å²) >= 11 is 0. The van der Waals surface area contributed by atoms with E-state index in [2.05, 4.69) is 11.9 Å². The standard InChI is InChI=1S/C14H20N2O3/c1-3-8-16-14(17)10-19-12-5-4-11(6-7-15)9-13(12)18-2/h3-5,9H,1,6-8,10,15H2,2H3,(H,16,17). The van der Waals surface area contributed by atoms with Crippen LogP contribution in [0.25, 0.3) is 0 Å². The summed E-state index contributed by atoms with van der Waals surface area (Å²) in [7, 11) is 1.56. The summed E-state index contributed by atoms with van der Waals surface area (Å²) in [6.07, 6.45) is 2.39. The highest BCUT2D eigenvalue weighted by atomic mass is 16.5. The number of amides is 1. The van der Waals surface area contributed by atoms with Gasteiger partial charge >= 0.3 is 0 Å². The molecule has 1 aromatic rings. The van der Waals surface area contributed by atoms with E-state index in [-0.39, 0.29) is 12.5 Å². The maximum atomic E-state index is 11.4. The van der Waals surface area contributed by atoms with Gasteiger partial charge in [0.25, 0.3) is 5.91 Å². The monoisotopic (exact) mass is 264 g/mol. The molecule has 0 heterocycles. The van der Waals surface area contributed by atoms with Crippen LogP contribution in [0.3, 0.4) is 0 Å². The normalized spacial score (nSPS) is 9.79. The zero-order valence-electron chi connectivity index (χ0n) is 11.1. The molecule has 104 valence electrons. The number of methoxy groups -OCH3 is 1. The first-order valence-electron chi connectivity index (χ1n) is 6.08. The zero-order valence-corrected chi connectivity index (χ0v) is 11.1. The molecule has 3 N–H and O–H groups in total. The molecule has 5 heteroatoms. The summed E-state index contributed by atoms with van der Waals surface area (Å²) in [6.45, 7) is 4.47. The predicted molar refractivity (Wildman–Crippen MR) is 74.5 cm³/mol. The van der Waals surface area contributed by atoms with Gasteiger partial charge in [0.05, 0.1) is 7.11 Å². The lowest BCUT2D eigenvalue weighted by molar-refractivity contribution is -0.122. The summed E-state index contributed by atoms with van der Waals surface area (Å²) in [5.41, 5.74) is 6.57. The Kier molecular flexibility index (Phi) is 6.46. The molecule has 1 amide bonds. The molecular formula is C14H20N2O3. The highest BCUT2D eigenvalue weighted by Crippen LogP contribution is 2.28. The van der Waals surface area contributed by atoms with Crippen LogP contribution in [-0.4, -0.2) is 32.7 Å². The minimum Gasteiger partial charge on any atom is -0.493 e. The van der Waals surface area contributed by atoms with Crippen molar-refractivity contribution in [2.45, 2.75) is 6.42 Å². The molecule has 0 fully saturated rings. The molecule has 0 saturated carbocycles. The fourth-order valence-corrected chi connectivity index (χ4v) is 1.53. The van der Waals surface area contributed by atoms with Crippen LogP contribution in [0.2, 0.25) is 0 Å². The second-order valence-corrected chi connectivity index (χ2v) is 3.91. The van der Waals surface area contributed by atoms with Crippen LogP contribution in [0.15, 0.2) is 30.9 Å². The molecule has 0 aliphatic carbocycles. The van der Waals surface area contributed by atoms with E-state index in [1.807, 2.05) is 12.1 Å². The molecule has 0 saturated heterocycles. The first-order valence-corrected chi connectivity index (χ1v) is 6.08. The molecule has 19 heavy (non-hydrogen) atoms. The van der Waals surface area contributed by atoms with Crippen LogP contribution in [0.1, 0.15) is 5.56 Å². The average molecular weight is 264 g/mol. The van der Waals surface area contributed by atoms with Crippen molar-refractivity contribution in [2.75, 3.05) is 26.8 Å². The van der Waals surface area contributed by atoms with Gasteiger partial charge in [-0.25, -0.2) is 0 Å². The van der Waals surface area contributed by atoms with Gasteiger partial charge < -0.3 is 20.5 Å². The number of nitrogens with one attached hydrogen (secondary N) is 1. The van der Waals surface area contributed by atoms with E-state index < -0.39 is 0 Å². The molecule has 0 radical (unpaired) electrons. The summed E-state index contributed by atoms with van der Waals surface area (Å²) in [5.74, 6) is 0.937. The maximum absolute atomic E-state index is 11.4. The summed E-state index contributed by atoms with van der Waals surface area (Å²) < 4.78 is 10.6. The number of nitrogens with two attached hydrogens (primary N) is 1. The van der Waals surface area contributed by atoms with Crippen molar-refractivity contribution in [3.8, 4) is 11.5 Å². The number of benzene rings is 1. The number of carbonyl (C=O) groups is 1. The fraction of sp³-hybridized carbons (Fsp3) is 0.357. The Morgan fingerprint density at radius 2 is 2.26 bits per heavy atom. The molecule has 1 rings (SSSR count). The minimum absolute atomic E-state index is 0.0551. The Bertz CT molecular complexity index is 433. The molecule has 5 nitrogen and oxygen atoms in total. The first-order chi connectivity index (χ1) is 9.21. The van der Waals surface area contributed by atoms with Crippen LogP contribution in [0.4, 0.5) is 0 Å². The van der Waals surface area contributed by atoms with Gasteiger partial charge in [-0.2, -0.15) is 0 Å². The summed E-state index contributed by atoms with van der Waals surface area (Å²) in [5, 5.41) is 2.63. The molecule has 0 aromatic heterocycles. The van der Waals surface area contributed by atoms with Crippen molar-refractivity contribution < 1.29 is 14.3 Å². The van der Waals surface area contributed by atoms with Gasteiger partial charge in [-0.05, 0) is 30.7 Å². The van der Waals surface area contributed by atoms with Crippen molar-refractivity contribution in [1.29, 1.82) is 0 Å². The van der Waals surface area contributed by atoms with Gasteiger partial charge in [0.2, 0.25) is 0 Å². The summed E-state index contributed by atoms with van der Waals surface area (Å²) in [6, 6.07) is 5.56. The largest absolute Gasteiger partial charge is 0.493 e. The number of rotatable bonds is 8. The Morgan fingerprint density at radius 3 is 2.89 bits per heavy atom. The smallest absolute Gasteiger partial charge is 0.258 e. The highest BCUT2D eigenvalue weighted by Gasteiger charge is 2.08. The van der Waals surface area contributed by atoms with Crippen LogP contribution in [0, 0.1) is 0 Å². The molecule has 0 aliphatic heterocycles. The number of hydrogen-bond donors (Lipinski definition) is 2. The highest BCUT2D eigenvalue weighted by molar-refractivity contribution is 5.77. The van der Waals surface area contributed by atoms with E-state index in [1.165, 1.54) is 0 Å². The average Bonchev–Trinajstić information content (AvgIpc) is 2.43. The van der Waals surface area contributed by atoms with Crippen molar-refractivity contribution in [2.24, 2.45) is 5.73 Å². The molecule has 0 atom stereocenters. The van der Waals surface area contributed by atoms with Crippen LogP contribution >= 0.6 is 0 Å². The lowest BCUT2D eigenvalue weighted by atomic mass is 10.1. The Labute approximate surface area is 113 Å². The molecule has 0 spiro atoms. The van der Waals surface area contributed by atoms with Gasteiger partial charge in [0, 0.05) is 6.54 Å². The molecular weight excluding hydrogens is 244 g/mol. The Morgan fingerprint density at radius 1 is 1.47 bits per heavy atom. The van der Waals surface area contributed by atoms with E-state index in [9.17, 15) is 4.79 Å². The molecule has 0 bridgehead atoms. The predicted octanol–water partition coefficient (Wildman–Crippen LogP) is 0.877. The van der Waals surface area contributed by atoms with Crippen LogP contribution < -0.4 is 20.5 Å². The number of hydrogen-bond acceptors (Lipinski definition) is 4. The van der Waals surface area contributed by atoms with Gasteiger partial charge in [-0.1, -0.05) is 12.1 Å². The number of carbonyl (C=O) groups excluding carboxylic acids is 1. The van der Waals surface area contributed by atoms with Crippen LogP contribution in [0.5, 0.6) is 11.5 Å². The third kappa shape index (κ3) is 5.01. The summed E-state index contributed by atoms with van der Waals surface area (Å²) in [4.78, 5) is 11.4. The first kappa shape index (κ1) is 15.0. The fourth-order valence-electron chi connectivity index (χ4n) is 1.53. The van der Waals surface area contributed by atoms with E-state index in [1.54, 1.807) is 19.3 Å². The Hall–Kier alpha value is -2.01. The van der Waals surface area contributed by atoms with E-state index >= 15 is 0 Å². The second kappa shape index (κ2) is 8.16. The third-order valence-electron chi connectivity index (χ3n) is 2.46. The van der Waals surface area contributed by atoms with Gasteiger partial charge in [-0.3, -0.25) is 4.79 Å².